The van der Waals surface area contributed by atoms with Gasteiger partial charge in [-0.1, -0.05) is 46.3 Å². The van der Waals surface area contributed by atoms with Gasteiger partial charge in [-0.25, -0.2) is 4.39 Å². The van der Waals surface area contributed by atoms with Crippen molar-refractivity contribution in [1.29, 1.82) is 0 Å². The van der Waals surface area contributed by atoms with Crippen LogP contribution in [0.1, 0.15) is 11.1 Å². The summed E-state index contributed by atoms with van der Waals surface area (Å²) in [5.41, 5.74) is 1.46. The van der Waals surface area contributed by atoms with Crippen molar-refractivity contribution < 1.29 is 4.39 Å². The second-order valence-electron chi connectivity index (χ2n) is 4.83. The maximum absolute atomic E-state index is 13.5. The van der Waals surface area contributed by atoms with Gasteiger partial charge in [0.1, 0.15) is 5.82 Å². The van der Waals surface area contributed by atoms with E-state index in [1.54, 1.807) is 6.07 Å². The molecule has 0 aliphatic heterocycles. The smallest absolute Gasteiger partial charge is 0.123 e. The van der Waals surface area contributed by atoms with Crippen LogP contribution in [0.25, 0.3) is 0 Å². The Morgan fingerprint density at radius 2 is 1.70 bits per heavy atom. The number of benzene rings is 2. The Hall–Kier alpha value is -0.570. The summed E-state index contributed by atoms with van der Waals surface area (Å²) < 4.78 is 14.5. The molecule has 0 atom stereocenters. The lowest BCUT2D eigenvalue weighted by atomic mass is 9.78. The predicted octanol–water partition coefficient (Wildman–Crippen LogP) is 5.55. The van der Waals surface area contributed by atoms with E-state index in [-0.39, 0.29) is 5.82 Å². The molecule has 106 valence electrons. The van der Waals surface area contributed by atoms with E-state index >= 15 is 0 Å². The predicted molar refractivity (Wildman–Crippen MR) is 87.4 cm³/mol. The average Bonchev–Trinajstić information content (AvgIpc) is 2.47. The highest BCUT2D eigenvalue weighted by molar-refractivity contribution is 9.10. The number of halogens is 4. The van der Waals surface area contributed by atoms with Gasteiger partial charge in [0.05, 0.1) is 0 Å². The van der Waals surface area contributed by atoms with Crippen molar-refractivity contribution >= 4 is 39.1 Å². The fourth-order valence-electron chi connectivity index (χ4n) is 2.21. The van der Waals surface area contributed by atoms with Crippen LogP contribution >= 0.6 is 39.1 Å². The molecule has 4 heteroatoms. The summed E-state index contributed by atoms with van der Waals surface area (Å²) in [5.74, 6) is 0.400. The van der Waals surface area contributed by atoms with E-state index < -0.39 is 5.41 Å². The minimum absolute atomic E-state index is 0.269. The summed E-state index contributed by atoms with van der Waals surface area (Å²) in [5, 5.41) is 0. The van der Waals surface area contributed by atoms with E-state index in [1.807, 2.05) is 30.3 Å². The summed E-state index contributed by atoms with van der Waals surface area (Å²) in [7, 11) is 0. The van der Waals surface area contributed by atoms with Crippen molar-refractivity contribution in [2.45, 2.75) is 11.8 Å². The number of hydrogen-bond donors (Lipinski definition) is 0. The van der Waals surface area contributed by atoms with Crippen LogP contribution in [-0.2, 0) is 11.8 Å². The Bertz CT molecular complexity index is 582. The molecule has 2 aromatic rings. The van der Waals surface area contributed by atoms with Crippen molar-refractivity contribution in [2.24, 2.45) is 0 Å². The standard InChI is InChI=1S/C16H14BrCl2F/c17-15-7-2-1-4-12(15)9-16(10-18,11-19)13-5-3-6-14(20)8-13/h1-8H,9-11H2. The molecule has 2 aromatic carbocycles. The summed E-state index contributed by atoms with van der Waals surface area (Å²) >= 11 is 15.9. The fourth-order valence-corrected chi connectivity index (χ4v) is 3.42. The van der Waals surface area contributed by atoms with Gasteiger partial charge in [-0.3, -0.25) is 0 Å². The van der Waals surface area contributed by atoms with Crippen molar-refractivity contribution in [3.63, 3.8) is 0 Å². The third kappa shape index (κ3) is 3.36. The zero-order valence-corrected chi connectivity index (χ0v) is 13.8. The van der Waals surface area contributed by atoms with Gasteiger partial charge in [0, 0.05) is 21.6 Å². The molecule has 0 bridgehead atoms. The van der Waals surface area contributed by atoms with Crippen LogP contribution in [0, 0.1) is 5.82 Å². The first-order chi connectivity index (χ1) is 9.61. The van der Waals surface area contributed by atoms with Gasteiger partial charge in [-0.2, -0.15) is 0 Å². The molecule has 2 rings (SSSR count). The lowest BCUT2D eigenvalue weighted by Gasteiger charge is -2.31. The summed E-state index contributed by atoms with van der Waals surface area (Å²) in [4.78, 5) is 0. The largest absolute Gasteiger partial charge is 0.207 e. The quantitative estimate of drug-likeness (QED) is 0.601. The maximum Gasteiger partial charge on any atom is 0.123 e. The zero-order chi connectivity index (χ0) is 14.6. The van der Waals surface area contributed by atoms with Gasteiger partial charge in [0.15, 0.2) is 0 Å². The number of hydrogen-bond acceptors (Lipinski definition) is 0. The maximum atomic E-state index is 13.5. The molecule has 0 unspecified atom stereocenters. The van der Waals surface area contributed by atoms with Crippen LogP contribution in [0.3, 0.4) is 0 Å². The van der Waals surface area contributed by atoms with E-state index in [0.717, 1.165) is 15.6 Å². The molecule has 0 radical (unpaired) electrons. The highest BCUT2D eigenvalue weighted by Gasteiger charge is 2.32. The molecule has 0 amide bonds. The topological polar surface area (TPSA) is 0 Å². The Labute approximate surface area is 137 Å². The first-order valence-electron chi connectivity index (χ1n) is 6.23. The Morgan fingerprint density at radius 1 is 1.00 bits per heavy atom. The minimum atomic E-state index is -0.477. The molecule has 0 aliphatic carbocycles. The normalized spacial score (nSPS) is 11.6. The summed E-state index contributed by atoms with van der Waals surface area (Å²) in [6.07, 6.45) is 0.658. The van der Waals surface area contributed by atoms with Crippen LogP contribution in [0.4, 0.5) is 4.39 Å². The van der Waals surface area contributed by atoms with Crippen molar-refractivity contribution in [3.05, 3.63) is 69.9 Å². The highest BCUT2D eigenvalue weighted by Crippen LogP contribution is 2.34. The van der Waals surface area contributed by atoms with E-state index in [2.05, 4.69) is 15.9 Å². The van der Waals surface area contributed by atoms with Gasteiger partial charge < -0.3 is 0 Å². The van der Waals surface area contributed by atoms with Gasteiger partial charge in [-0.15, -0.1) is 23.2 Å². The molecule has 0 spiro atoms. The van der Waals surface area contributed by atoms with E-state index in [0.29, 0.717) is 18.2 Å². The molecular formula is C16H14BrCl2F. The first-order valence-corrected chi connectivity index (χ1v) is 8.09. The zero-order valence-electron chi connectivity index (χ0n) is 10.8. The third-order valence-corrected chi connectivity index (χ3v) is 5.23. The second-order valence-corrected chi connectivity index (χ2v) is 6.21. The lowest BCUT2D eigenvalue weighted by Crippen LogP contribution is -2.33. The monoisotopic (exact) mass is 374 g/mol. The molecule has 0 aromatic heterocycles. The summed E-state index contributed by atoms with van der Waals surface area (Å²) in [6.45, 7) is 0. The van der Waals surface area contributed by atoms with Gasteiger partial charge in [0.25, 0.3) is 0 Å². The first kappa shape index (κ1) is 15.8. The number of alkyl halides is 2. The highest BCUT2D eigenvalue weighted by atomic mass is 79.9. The molecule has 0 aliphatic rings. The molecule has 0 N–H and O–H groups in total. The molecule has 0 fully saturated rings. The second kappa shape index (κ2) is 6.93. The van der Waals surface area contributed by atoms with Crippen molar-refractivity contribution in [3.8, 4) is 0 Å². The SMILES string of the molecule is Fc1cccc(C(CCl)(CCl)Cc2ccccc2Br)c1. The van der Waals surface area contributed by atoms with Gasteiger partial charge in [0.2, 0.25) is 0 Å². The molecule has 0 saturated carbocycles. The van der Waals surface area contributed by atoms with Crippen molar-refractivity contribution in [1.82, 2.24) is 0 Å². The van der Waals surface area contributed by atoms with Gasteiger partial charge in [-0.05, 0) is 35.7 Å². The fraction of sp³-hybridized carbons (Fsp3) is 0.250. The molecule has 0 heterocycles. The lowest BCUT2D eigenvalue weighted by molar-refractivity contribution is 0.527. The van der Waals surface area contributed by atoms with Crippen LogP contribution in [0.15, 0.2) is 53.0 Å². The Morgan fingerprint density at radius 3 is 2.30 bits per heavy atom. The van der Waals surface area contributed by atoms with Crippen LogP contribution in [-0.4, -0.2) is 11.8 Å². The molecule has 0 nitrogen and oxygen atoms in total. The third-order valence-electron chi connectivity index (χ3n) is 3.44. The van der Waals surface area contributed by atoms with Gasteiger partial charge >= 0.3 is 0 Å². The molecule has 20 heavy (non-hydrogen) atoms. The average molecular weight is 376 g/mol. The molecular weight excluding hydrogens is 362 g/mol. The van der Waals surface area contributed by atoms with E-state index in [4.69, 9.17) is 23.2 Å². The van der Waals surface area contributed by atoms with E-state index in [1.165, 1.54) is 12.1 Å². The summed E-state index contributed by atoms with van der Waals surface area (Å²) in [6, 6.07) is 14.4. The Kier molecular flexibility index (Phi) is 5.48. The minimum Gasteiger partial charge on any atom is -0.207 e. The van der Waals surface area contributed by atoms with Crippen LogP contribution in [0.5, 0.6) is 0 Å². The number of rotatable bonds is 5. The Balaban J connectivity index is 2.42. The molecule has 0 saturated heterocycles. The van der Waals surface area contributed by atoms with Crippen LogP contribution < -0.4 is 0 Å². The van der Waals surface area contributed by atoms with Crippen LogP contribution in [0.2, 0.25) is 0 Å². The van der Waals surface area contributed by atoms with Crippen molar-refractivity contribution in [2.75, 3.05) is 11.8 Å². The van der Waals surface area contributed by atoms with E-state index in [9.17, 15) is 4.39 Å².